The minimum absolute atomic E-state index is 0.227. The third-order valence-corrected chi connectivity index (χ3v) is 6.18. The van der Waals surface area contributed by atoms with Gasteiger partial charge < -0.3 is 15.7 Å². The molecule has 1 aromatic carbocycles. The number of aliphatic hydroxyl groups excluding tert-OH is 1. The SMILES string of the molecule is Cc1nc(C(C)C)cc(N2CCC3(CC2)c2ccccc2[C@@H](N)[C@@H]3O)n1. The van der Waals surface area contributed by atoms with Crippen molar-refractivity contribution in [1.29, 1.82) is 0 Å². The molecule has 1 fully saturated rings. The molecule has 2 aliphatic rings. The number of hydrogen-bond acceptors (Lipinski definition) is 5. The Bertz CT molecular complexity index is 811. The Morgan fingerprint density at radius 2 is 1.88 bits per heavy atom. The largest absolute Gasteiger partial charge is 0.390 e. The molecule has 2 aromatic rings. The first-order valence-corrected chi connectivity index (χ1v) is 9.56. The van der Waals surface area contributed by atoms with Gasteiger partial charge in [-0.1, -0.05) is 38.1 Å². The fourth-order valence-electron chi connectivity index (χ4n) is 4.65. The number of piperidine rings is 1. The third kappa shape index (κ3) is 2.61. The molecule has 1 aliphatic heterocycles. The van der Waals surface area contributed by atoms with Crippen molar-refractivity contribution in [2.24, 2.45) is 5.73 Å². The topological polar surface area (TPSA) is 75.3 Å². The van der Waals surface area contributed by atoms with E-state index in [4.69, 9.17) is 5.73 Å². The van der Waals surface area contributed by atoms with E-state index in [1.54, 1.807) is 0 Å². The van der Waals surface area contributed by atoms with Crippen molar-refractivity contribution >= 4 is 5.82 Å². The number of aromatic nitrogens is 2. The molecule has 138 valence electrons. The minimum Gasteiger partial charge on any atom is -0.390 e. The fraction of sp³-hybridized carbons (Fsp3) is 0.524. The molecule has 1 aliphatic carbocycles. The molecule has 3 N–H and O–H groups in total. The highest BCUT2D eigenvalue weighted by atomic mass is 16.3. The Kier molecular flexibility index (Phi) is 4.24. The first kappa shape index (κ1) is 17.4. The number of nitrogens with two attached hydrogens (primary N) is 1. The van der Waals surface area contributed by atoms with E-state index in [1.807, 2.05) is 13.0 Å². The zero-order chi connectivity index (χ0) is 18.5. The lowest BCUT2D eigenvalue weighted by Crippen LogP contribution is -2.49. The second-order valence-corrected chi connectivity index (χ2v) is 8.05. The predicted octanol–water partition coefficient (Wildman–Crippen LogP) is 2.82. The summed E-state index contributed by atoms with van der Waals surface area (Å²) < 4.78 is 0. The summed E-state index contributed by atoms with van der Waals surface area (Å²) in [7, 11) is 0. The molecule has 0 unspecified atom stereocenters. The van der Waals surface area contributed by atoms with Crippen molar-refractivity contribution < 1.29 is 5.11 Å². The highest BCUT2D eigenvalue weighted by molar-refractivity contribution is 5.48. The molecule has 2 heterocycles. The summed E-state index contributed by atoms with van der Waals surface area (Å²) in [5.41, 5.74) is 9.53. The number of anilines is 1. The highest BCUT2D eigenvalue weighted by Gasteiger charge is 2.51. The minimum atomic E-state index is -0.514. The van der Waals surface area contributed by atoms with E-state index in [-0.39, 0.29) is 11.5 Å². The van der Waals surface area contributed by atoms with Gasteiger partial charge in [0, 0.05) is 30.3 Å². The number of aryl methyl sites for hydroxylation is 1. The number of benzene rings is 1. The maximum absolute atomic E-state index is 10.9. The zero-order valence-electron chi connectivity index (χ0n) is 15.8. The molecule has 5 heteroatoms. The van der Waals surface area contributed by atoms with Gasteiger partial charge in [-0.25, -0.2) is 9.97 Å². The average molecular weight is 352 g/mol. The second-order valence-electron chi connectivity index (χ2n) is 8.05. The van der Waals surface area contributed by atoms with Gasteiger partial charge in [0.15, 0.2) is 0 Å². The van der Waals surface area contributed by atoms with Gasteiger partial charge in [-0.2, -0.15) is 0 Å². The Morgan fingerprint density at radius 3 is 2.58 bits per heavy atom. The van der Waals surface area contributed by atoms with Crippen LogP contribution < -0.4 is 10.6 Å². The highest BCUT2D eigenvalue weighted by Crippen LogP contribution is 2.50. The van der Waals surface area contributed by atoms with Crippen LogP contribution in [-0.4, -0.2) is 34.3 Å². The van der Waals surface area contributed by atoms with Crippen molar-refractivity contribution in [3.8, 4) is 0 Å². The molecule has 4 rings (SSSR count). The van der Waals surface area contributed by atoms with Gasteiger partial charge in [0.2, 0.25) is 0 Å². The second kappa shape index (κ2) is 6.32. The quantitative estimate of drug-likeness (QED) is 0.869. The van der Waals surface area contributed by atoms with E-state index >= 15 is 0 Å². The van der Waals surface area contributed by atoms with Crippen LogP contribution in [0.5, 0.6) is 0 Å². The maximum atomic E-state index is 10.9. The van der Waals surface area contributed by atoms with E-state index in [2.05, 4.69) is 53.0 Å². The zero-order valence-corrected chi connectivity index (χ0v) is 15.8. The van der Waals surface area contributed by atoms with Crippen molar-refractivity contribution in [2.45, 2.75) is 57.1 Å². The summed E-state index contributed by atoms with van der Waals surface area (Å²) in [6.45, 7) is 8.00. The van der Waals surface area contributed by atoms with E-state index in [9.17, 15) is 5.11 Å². The van der Waals surface area contributed by atoms with Crippen LogP contribution in [0, 0.1) is 6.92 Å². The van der Waals surface area contributed by atoms with Crippen molar-refractivity contribution in [3.63, 3.8) is 0 Å². The lowest BCUT2D eigenvalue weighted by molar-refractivity contribution is 0.0582. The molecule has 0 amide bonds. The molecule has 1 aromatic heterocycles. The van der Waals surface area contributed by atoms with E-state index in [0.29, 0.717) is 5.92 Å². The standard InChI is InChI=1S/C21H28N4O/c1-13(2)17-12-18(24-14(3)23-17)25-10-8-21(9-11-25)16-7-5-4-6-15(16)19(22)20(21)26/h4-7,12-13,19-20,26H,8-11,22H2,1-3H3/t19-,20+/m1/s1. The lowest BCUT2D eigenvalue weighted by Gasteiger charge is -2.43. The summed E-state index contributed by atoms with van der Waals surface area (Å²) in [4.78, 5) is 11.5. The molecule has 1 spiro atoms. The summed E-state index contributed by atoms with van der Waals surface area (Å²) in [5, 5.41) is 10.9. The van der Waals surface area contributed by atoms with Crippen LogP contribution in [0.25, 0.3) is 0 Å². The summed E-state index contributed by atoms with van der Waals surface area (Å²) in [6.07, 6.45) is 1.26. The van der Waals surface area contributed by atoms with Crippen molar-refractivity contribution in [1.82, 2.24) is 9.97 Å². The summed E-state index contributed by atoms with van der Waals surface area (Å²) in [5.74, 6) is 2.20. The van der Waals surface area contributed by atoms with Gasteiger partial charge in [-0.05, 0) is 36.8 Å². The molecule has 5 nitrogen and oxygen atoms in total. The molecule has 1 saturated heterocycles. The van der Waals surface area contributed by atoms with Gasteiger partial charge in [0.1, 0.15) is 11.6 Å². The van der Waals surface area contributed by atoms with Crippen LogP contribution in [0.3, 0.4) is 0 Å². The molecular weight excluding hydrogens is 324 g/mol. The normalized spacial score (nSPS) is 24.3. The Balaban J connectivity index is 1.60. The van der Waals surface area contributed by atoms with Crippen LogP contribution >= 0.6 is 0 Å². The van der Waals surface area contributed by atoms with Gasteiger partial charge in [-0.3, -0.25) is 0 Å². The molecule has 0 radical (unpaired) electrons. The number of aliphatic hydroxyl groups is 1. The third-order valence-electron chi connectivity index (χ3n) is 6.18. The number of nitrogens with zero attached hydrogens (tertiary/aromatic N) is 3. The van der Waals surface area contributed by atoms with Gasteiger partial charge in [0.05, 0.1) is 12.1 Å². The molecule has 26 heavy (non-hydrogen) atoms. The Hall–Kier alpha value is -1.98. The van der Waals surface area contributed by atoms with E-state index in [0.717, 1.165) is 48.8 Å². The maximum Gasteiger partial charge on any atom is 0.132 e. The van der Waals surface area contributed by atoms with Crippen LogP contribution in [0.4, 0.5) is 5.82 Å². The summed E-state index contributed by atoms with van der Waals surface area (Å²) in [6, 6.07) is 10.1. The van der Waals surface area contributed by atoms with Gasteiger partial charge in [0.25, 0.3) is 0 Å². The predicted molar refractivity (Wildman–Crippen MR) is 103 cm³/mol. The number of rotatable bonds is 2. The van der Waals surface area contributed by atoms with Crippen molar-refractivity contribution in [3.05, 3.63) is 53.0 Å². The van der Waals surface area contributed by atoms with Crippen LogP contribution in [-0.2, 0) is 5.41 Å². The van der Waals surface area contributed by atoms with Gasteiger partial charge >= 0.3 is 0 Å². The molecule has 0 bridgehead atoms. The van der Waals surface area contributed by atoms with E-state index in [1.165, 1.54) is 5.56 Å². The molecule has 0 saturated carbocycles. The smallest absolute Gasteiger partial charge is 0.132 e. The fourth-order valence-corrected chi connectivity index (χ4v) is 4.65. The van der Waals surface area contributed by atoms with Crippen molar-refractivity contribution in [2.75, 3.05) is 18.0 Å². The Morgan fingerprint density at radius 1 is 1.19 bits per heavy atom. The van der Waals surface area contributed by atoms with Crippen LogP contribution in [0.1, 0.15) is 61.3 Å². The van der Waals surface area contributed by atoms with Gasteiger partial charge in [-0.15, -0.1) is 0 Å². The first-order valence-electron chi connectivity index (χ1n) is 9.56. The number of fused-ring (bicyclic) bond motifs is 2. The first-order chi connectivity index (χ1) is 12.4. The monoisotopic (exact) mass is 352 g/mol. The van der Waals surface area contributed by atoms with E-state index < -0.39 is 6.10 Å². The van der Waals surface area contributed by atoms with Crippen LogP contribution in [0.15, 0.2) is 30.3 Å². The lowest BCUT2D eigenvalue weighted by atomic mass is 9.72. The number of hydrogen-bond donors (Lipinski definition) is 2. The molecular formula is C21H28N4O. The average Bonchev–Trinajstić information content (AvgIpc) is 2.85. The Labute approximate surface area is 155 Å². The van der Waals surface area contributed by atoms with Crippen LogP contribution in [0.2, 0.25) is 0 Å². The summed E-state index contributed by atoms with van der Waals surface area (Å²) >= 11 is 0. The molecule has 2 atom stereocenters.